The minimum atomic E-state index is -0.701. The zero-order valence-corrected chi connectivity index (χ0v) is 23.7. The molecule has 5 nitrogen and oxygen atoms in total. The van der Waals surface area contributed by atoms with E-state index in [1.807, 2.05) is 31.2 Å². The molecular weight excluding hydrogens is 500 g/mol. The van der Waals surface area contributed by atoms with Gasteiger partial charge in [-0.25, -0.2) is 8.78 Å². The highest BCUT2D eigenvalue weighted by molar-refractivity contribution is 5.69. The van der Waals surface area contributed by atoms with Crippen LogP contribution in [-0.4, -0.2) is 54.4 Å². The fourth-order valence-corrected chi connectivity index (χ4v) is 5.17. The van der Waals surface area contributed by atoms with Gasteiger partial charge in [-0.3, -0.25) is 9.69 Å². The molecule has 0 amide bonds. The van der Waals surface area contributed by atoms with Crippen molar-refractivity contribution in [3.8, 4) is 0 Å². The van der Waals surface area contributed by atoms with Gasteiger partial charge in [0, 0.05) is 19.0 Å². The van der Waals surface area contributed by atoms with E-state index in [0.717, 1.165) is 42.5 Å². The predicted octanol–water partition coefficient (Wildman–Crippen LogP) is 6.47. The van der Waals surface area contributed by atoms with Gasteiger partial charge in [-0.1, -0.05) is 31.2 Å². The number of benzene rings is 2. The largest absolute Gasteiger partial charge is 0.466 e. The summed E-state index contributed by atoms with van der Waals surface area (Å²) in [6, 6.07) is 8.95. The zero-order chi connectivity index (χ0) is 28.4. The average Bonchev–Trinajstić information content (AvgIpc) is 3.33. The Bertz CT molecular complexity index is 1120. The summed E-state index contributed by atoms with van der Waals surface area (Å²) in [7, 11) is 0. The SMILES string of the molecule is CCOC(=O)CC/C=C/c1cc(C)c(F)cc1[C@@H](CC)OC[C@H](O)CN1CCC[C@H]1Cc1ccc(C)c(F)c1. The van der Waals surface area contributed by atoms with Crippen LogP contribution in [0.4, 0.5) is 8.78 Å². The molecule has 1 aliphatic rings. The number of esters is 1. The molecule has 1 N–H and O–H groups in total. The Balaban J connectivity index is 1.60. The van der Waals surface area contributed by atoms with E-state index >= 15 is 0 Å². The second-order valence-electron chi connectivity index (χ2n) is 10.4. The molecule has 0 bridgehead atoms. The molecule has 0 radical (unpaired) electrons. The molecule has 3 atom stereocenters. The lowest BCUT2D eigenvalue weighted by atomic mass is 9.97. The molecule has 1 saturated heterocycles. The van der Waals surface area contributed by atoms with Crippen molar-refractivity contribution in [2.45, 2.75) is 84.5 Å². The van der Waals surface area contributed by atoms with Crippen molar-refractivity contribution in [2.75, 3.05) is 26.3 Å². The Kier molecular flexibility index (Phi) is 12.1. The van der Waals surface area contributed by atoms with E-state index in [0.29, 0.717) is 37.1 Å². The van der Waals surface area contributed by atoms with Crippen molar-refractivity contribution in [2.24, 2.45) is 0 Å². The van der Waals surface area contributed by atoms with Gasteiger partial charge >= 0.3 is 5.97 Å². The molecule has 39 heavy (non-hydrogen) atoms. The number of hydrogen-bond donors (Lipinski definition) is 1. The first-order valence-electron chi connectivity index (χ1n) is 14.1. The molecular formula is C32H43F2NO4. The van der Waals surface area contributed by atoms with Gasteiger partial charge < -0.3 is 14.6 Å². The van der Waals surface area contributed by atoms with Crippen LogP contribution in [0.3, 0.4) is 0 Å². The van der Waals surface area contributed by atoms with Gasteiger partial charge in [-0.05, 0) is 105 Å². The van der Waals surface area contributed by atoms with Gasteiger partial charge in [0.2, 0.25) is 0 Å². The van der Waals surface area contributed by atoms with Crippen molar-refractivity contribution < 1.29 is 28.2 Å². The molecule has 0 saturated carbocycles. The summed E-state index contributed by atoms with van der Waals surface area (Å²) in [4.78, 5) is 13.9. The van der Waals surface area contributed by atoms with Crippen molar-refractivity contribution in [1.82, 2.24) is 4.90 Å². The number of rotatable bonds is 14. The maximum Gasteiger partial charge on any atom is 0.306 e. The van der Waals surface area contributed by atoms with Crippen molar-refractivity contribution in [3.05, 3.63) is 75.9 Å². The van der Waals surface area contributed by atoms with Crippen LogP contribution in [0.1, 0.15) is 79.9 Å². The third-order valence-electron chi connectivity index (χ3n) is 7.34. The number of aliphatic hydroxyl groups is 1. The Morgan fingerprint density at radius 2 is 1.92 bits per heavy atom. The Labute approximate surface area is 231 Å². The number of carbonyl (C=O) groups excluding carboxylic acids is 1. The molecule has 1 aliphatic heterocycles. The fraction of sp³-hybridized carbons (Fsp3) is 0.531. The number of aliphatic hydroxyl groups excluding tert-OH is 1. The first kappa shape index (κ1) is 30.9. The van der Waals surface area contributed by atoms with Crippen molar-refractivity contribution in [1.29, 1.82) is 0 Å². The van der Waals surface area contributed by atoms with Crippen LogP contribution in [0.5, 0.6) is 0 Å². The number of likely N-dealkylation sites (tertiary alicyclic amines) is 1. The highest BCUT2D eigenvalue weighted by Gasteiger charge is 2.27. The lowest BCUT2D eigenvalue weighted by Crippen LogP contribution is -2.39. The summed E-state index contributed by atoms with van der Waals surface area (Å²) in [5, 5.41) is 10.8. The summed E-state index contributed by atoms with van der Waals surface area (Å²) in [5.41, 5.74) is 3.71. The normalized spacial score (nSPS) is 17.6. The second kappa shape index (κ2) is 15.2. The number of β-amino-alcohol motifs (C(OH)–C–C–N with tert-alkyl or cyclic N) is 1. The number of hydrogen-bond acceptors (Lipinski definition) is 5. The van der Waals surface area contributed by atoms with E-state index in [1.54, 1.807) is 32.9 Å². The first-order chi connectivity index (χ1) is 18.7. The lowest BCUT2D eigenvalue weighted by Gasteiger charge is -2.28. The van der Waals surface area contributed by atoms with Crippen LogP contribution in [0, 0.1) is 25.5 Å². The van der Waals surface area contributed by atoms with Gasteiger partial charge in [0.15, 0.2) is 0 Å². The average molecular weight is 544 g/mol. The maximum absolute atomic E-state index is 14.6. The van der Waals surface area contributed by atoms with Crippen LogP contribution in [0.2, 0.25) is 0 Å². The molecule has 0 aliphatic carbocycles. The van der Waals surface area contributed by atoms with Gasteiger partial charge in [-0.15, -0.1) is 0 Å². The number of carbonyl (C=O) groups is 1. The molecule has 2 aromatic carbocycles. The van der Waals surface area contributed by atoms with Crippen LogP contribution in [0.15, 0.2) is 36.4 Å². The standard InChI is InChI=1S/C32H43F2NO4/c1-5-31(28-19-30(34)23(4)16-25(28)10-7-8-12-32(37)38-6-2)39-21-27(36)20-35-15-9-11-26(35)17-24-14-13-22(3)29(33)18-24/h7,10,13-14,16,18-19,26-27,31,36H,5-6,8-9,11-12,15,17,20-21H2,1-4H3/b10-7+/t26-,27+,31+/m0/s1. The predicted molar refractivity (Wildman–Crippen MR) is 150 cm³/mol. The summed E-state index contributed by atoms with van der Waals surface area (Å²) < 4.78 is 39.7. The Morgan fingerprint density at radius 3 is 2.64 bits per heavy atom. The summed E-state index contributed by atoms with van der Waals surface area (Å²) in [6.07, 6.45) is 6.92. The number of halogens is 2. The van der Waals surface area contributed by atoms with E-state index in [-0.39, 0.29) is 42.8 Å². The molecule has 3 rings (SSSR count). The van der Waals surface area contributed by atoms with Crippen LogP contribution in [-0.2, 0) is 20.7 Å². The molecule has 214 valence electrons. The number of ether oxygens (including phenoxy) is 2. The van der Waals surface area contributed by atoms with E-state index in [9.17, 15) is 18.7 Å². The fourth-order valence-electron chi connectivity index (χ4n) is 5.17. The van der Waals surface area contributed by atoms with Gasteiger partial charge in [0.05, 0.1) is 25.4 Å². The Morgan fingerprint density at radius 1 is 1.15 bits per heavy atom. The highest BCUT2D eigenvalue weighted by atomic mass is 19.1. The minimum Gasteiger partial charge on any atom is -0.466 e. The maximum atomic E-state index is 14.6. The van der Waals surface area contributed by atoms with Crippen LogP contribution in [0.25, 0.3) is 6.08 Å². The third-order valence-corrected chi connectivity index (χ3v) is 7.34. The third kappa shape index (κ3) is 9.23. The smallest absolute Gasteiger partial charge is 0.306 e. The molecule has 1 fully saturated rings. The molecule has 0 unspecified atom stereocenters. The number of nitrogens with zero attached hydrogens (tertiary/aromatic N) is 1. The zero-order valence-electron chi connectivity index (χ0n) is 23.7. The second-order valence-corrected chi connectivity index (χ2v) is 10.4. The highest BCUT2D eigenvalue weighted by Crippen LogP contribution is 2.29. The summed E-state index contributed by atoms with van der Waals surface area (Å²) >= 11 is 0. The van der Waals surface area contributed by atoms with Crippen molar-refractivity contribution >= 4 is 12.0 Å². The van der Waals surface area contributed by atoms with Crippen LogP contribution >= 0.6 is 0 Å². The minimum absolute atomic E-state index is 0.127. The van der Waals surface area contributed by atoms with Crippen LogP contribution < -0.4 is 0 Å². The molecule has 0 spiro atoms. The molecule has 1 heterocycles. The van der Waals surface area contributed by atoms with E-state index in [1.165, 1.54) is 6.07 Å². The first-order valence-corrected chi connectivity index (χ1v) is 14.1. The molecule has 7 heteroatoms. The number of aryl methyl sites for hydroxylation is 2. The quantitative estimate of drug-likeness (QED) is 0.277. The van der Waals surface area contributed by atoms with E-state index in [2.05, 4.69) is 4.90 Å². The monoisotopic (exact) mass is 543 g/mol. The topological polar surface area (TPSA) is 59.0 Å². The Hall–Kier alpha value is -2.61. The molecule has 0 aromatic heterocycles. The van der Waals surface area contributed by atoms with Crippen molar-refractivity contribution in [3.63, 3.8) is 0 Å². The van der Waals surface area contributed by atoms with Gasteiger partial charge in [-0.2, -0.15) is 0 Å². The molecule has 2 aromatic rings. The lowest BCUT2D eigenvalue weighted by molar-refractivity contribution is -0.143. The summed E-state index contributed by atoms with van der Waals surface area (Å²) in [6.45, 7) is 9.07. The van der Waals surface area contributed by atoms with Gasteiger partial charge in [0.1, 0.15) is 11.6 Å². The van der Waals surface area contributed by atoms with Gasteiger partial charge in [0.25, 0.3) is 0 Å². The summed E-state index contributed by atoms with van der Waals surface area (Å²) in [5.74, 6) is -0.728. The van der Waals surface area contributed by atoms with E-state index in [4.69, 9.17) is 9.47 Å². The number of allylic oxidation sites excluding steroid dienone is 1. The van der Waals surface area contributed by atoms with E-state index < -0.39 is 6.10 Å².